The van der Waals surface area contributed by atoms with Gasteiger partial charge in [0.25, 0.3) is 0 Å². The monoisotopic (exact) mass is 196 g/mol. The molecular weight excluding hydrogens is 176 g/mol. The third-order valence-corrected chi connectivity index (χ3v) is 3.25. The molecule has 0 aromatic heterocycles. The first-order valence-corrected chi connectivity index (χ1v) is 8.36. The average Bonchev–Trinajstić information content (AvgIpc) is 2.30. The summed E-state index contributed by atoms with van der Waals surface area (Å²) in [6, 6.07) is 0. The van der Waals surface area contributed by atoms with Crippen molar-refractivity contribution in [2.75, 3.05) is 0 Å². The fourth-order valence-electron chi connectivity index (χ4n) is 1.70. The Bertz CT molecular complexity index is 235. The summed E-state index contributed by atoms with van der Waals surface area (Å²) in [6.45, 7) is 12.7. The molecule has 1 nitrogen and oxygen atoms in total. The number of rotatable bonds is 3. The van der Waals surface area contributed by atoms with Gasteiger partial charge in [-0.05, 0) is 38.6 Å². The van der Waals surface area contributed by atoms with Gasteiger partial charge in [-0.25, -0.2) is 0 Å². The van der Waals surface area contributed by atoms with Crippen molar-refractivity contribution in [2.45, 2.75) is 39.4 Å². The number of hydrogen-bond acceptors (Lipinski definition) is 1. The summed E-state index contributed by atoms with van der Waals surface area (Å²) in [6.07, 6.45) is 4.33. The van der Waals surface area contributed by atoms with E-state index < -0.39 is 8.32 Å². The van der Waals surface area contributed by atoms with E-state index in [2.05, 4.69) is 33.1 Å². The van der Waals surface area contributed by atoms with Crippen LogP contribution in [0, 0.1) is 5.92 Å². The second kappa shape index (κ2) is 3.70. The van der Waals surface area contributed by atoms with Crippen molar-refractivity contribution in [2.24, 2.45) is 5.92 Å². The van der Waals surface area contributed by atoms with E-state index in [0.29, 0.717) is 5.92 Å². The minimum atomic E-state index is -1.40. The Kier molecular flexibility index (Phi) is 3.01. The Hall–Kier alpha value is -0.503. The lowest BCUT2D eigenvalue weighted by Gasteiger charge is -2.21. The first-order valence-electron chi connectivity index (χ1n) is 4.95. The van der Waals surface area contributed by atoms with Crippen molar-refractivity contribution in [3.8, 4) is 0 Å². The van der Waals surface area contributed by atoms with Gasteiger partial charge >= 0.3 is 0 Å². The molecule has 0 spiro atoms. The van der Waals surface area contributed by atoms with E-state index in [1.165, 1.54) is 17.8 Å². The molecular formula is C11H20OSi. The predicted octanol–water partition coefficient (Wildman–Crippen LogP) is 3.71. The van der Waals surface area contributed by atoms with Crippen molar-refractivity contribution < 1.29 is 4.43 Å². The quantitative estimate of drug-likeness (QED) is 0.494. The molecule has 0 aromatic rings. The van der Waals surface area contributed by atoms with E-state index in [1.54, 1.807) is 0 Å². The molecule has 0 amide bonds. The molecule has 0 saturated carbocycles. The van der Waals surface area contributed by atoms with Crippen molar-refractivity contribution >= 4 is 8.32 Å². The standard InChI is InChI=1S/C11H20OSi/c1-6-10-7-8-11(9(10)2)12-13(3,4)5/h6,10H,1,7-8H2,2-5H3. The SMILES string of the molecule is C=CC1CCC(O[Si](C)(C)C)=C1C. The van der Waals surface area contributed by atoms with Gasteiger partial charge in [0.1, 0.15) is 0 Å². The lowest BCUT2D eigenvalue weighted by Crippen LogP contribution is -2.24. The summed E-state index contributed by atoms with van der Waals surface area (Å²) in [5.74, 6) is 1.80. The molecule has 13 heavy (non-hydrogen) atoms. The zero-order valence-electron chi connectivity index (χ0n) is 9.18. The molecule has 74 valence electrons. The van der Waals surface area contributed by atoms with Crippen LogP contribution in [0.2, 0.25) is 19.6 Å². The van der Waals surface area contributed by atoms with Crippen LogP contribution in [0.25, 0.3) is 0 Å². The average molecular weight is 196 g/mol. The second-order valence-corrected chi connectivity index (χ2v) is 9.13. The molecule has 1 atom stereocenters. The fourth-order valence-corrected chi connectivity index (χ4v) is 2.71. The second-order valence-electron chi connectivity index (χ2n) is 4.70. The molecule has 0 aromatic carbocycles. The number of allylic oxidation sites excluding steroid dienone is 3. The largest absolute Gasteiger partial charge is 0.547 e. The Labute approximate surface area is 82.6 Å². The first kappa shape index (κ1) is 10.6. The van der Waals surface area contributed by atoms with Gasteiger partial charge in [-0.3, -0.25) is 0 Å². The lowest BCUT2D eigenvalue weighted by atomic mass is 10.0. The molecule has 0 heterocycles. The highest BCUT2D eigenvalue weighted by atomic mass is 28.4. The van der Waals surface area contributed by atoms with Crippen molar-refractivity contribution in [1.82, 2.24) is 0 Å². The Morgan fingerprint density at radius 2 is 2.08 bits per heavy atom. The summed E-state index contributed by atoms with van der Waals surface area (Å²) in [7, 11) is -1.40. The van der Waals surface area contributed by atoms with E-state index in [9.17, 15) is 0 Å². The van der Waals surface area contributed by atoms with Gasteiger partial charge in [-0.1, -0.05) is 6.08 Å². The van der Waals surface area contributed by atoms with Crippen molar-refractivity contribution in [3.63, 3.8) is 0 Å². The van der Waals surface area contributed by atoms with Gasteiger partial charge in [0.2, 0.25) is 8.32 Å². The van der Waals surface area contributed by atoms with Crippen LogP contribution in [-0.4, -0.2) is 8.32 Å². The third kappa shape index (κ3) is 2.73. The zero-order valence-corrected chi connectivity index (χ0v) is 10.2. The molecule has 0 saturated heterocycles. The summed E-state index contributed by atoms with van der Waals surface area (Å²) < 4.78 is 6.01. The van der Waals surface area contributed by atoms with E-state index in [0.717, 1.165) is 6.42 Å². The summed E-state index contributed by atoms with van der Waals surface area (Å²) in [5, 5.41) is 0. The normalized spacial score (nSPS) is 23.5. The maximum atomic E-state index is 6.01. The van der Waals surface area contributed by atoms with Gasteiger partial charge in [0.15, 0.2) is 0 Å². The molecule has 0 radical (unpaired) electrons. The molecule has 1 unspecified atom stereocenters. The van der Waals surface area contributed by atoms with E-state index in [1.807, 2.05) is 6.08 Å². The highest BCUT2D eigenvalue weighted by molar-refractivity contribution is 6.70. The molecule has 1 rings (SSSR count). The van der Waals surface area contributed by atoms with Crippen molar-refractivity contribution in [3.05, 3.63) is 24.0 Å². The van der Waals surface area contributed by atoms with Gasteiger partial charge in [-0.2, -0.15) is 0 Å². The van der Waals surface area contributed by atoms with Crippen LogP contribution in [0.1, 0.15) is 19.8 Å². The smallest absolute Gasteiger partial charge is 0.241 e. The van der Waals surface area contributed by atoms with E-state index >= 15 is 0 Å². The van der Waals surface area contributed by atoms with Gasteiger partial charge in [-0.15, -0.1) is 6.58 Å². The molecule has 1 aliphatic rings. The van der Waals surface area contributed by atoms with Crippen LogP contribution in [-0.2, 0) is 4.43 Å². The Morgan fingerprint density at radius 1 is 1.46 bits per heavy atom. The van der Waals surface area contributed by atoms with Crippen LogP contribution in [0.5, 0.6) is 0 Å². The van der Waals surface area contributed by atoms with Crippen LogP contribution in [0.3, 0.4) is 0 Å². The minimum absolute atomic E-state index is 0.561. The lowest BCUT2D eigenvalue weighted by molar-refractivity contribution is 0.404. The summed E-state index contributed by atoms with van der Waals surface area (Å²) in [5.41, 5.74) is 1.40. The molecule has 0 N–H and O–H groups in total. The molecule has 0 fully saturated rings. The van der Waals surface area contributed by atoms with Crippen LogP contribution >= 0.6 is 0 Å². The van der Waals surface area contributed by atoms with Gasteiger partial charge < -0.3 is 4.43 Å². The van der Waals surface area contributed by atoms with E-state index in [-0.39, 0.29) is 0 Å². The molecule has 1 aliphatic carbocycles. The molecule has 0 bridgehead atoms. The molecule has 2 heteroatoms. The Balaban J connectivity index is 2.71. The maximum Gasteiger partial charge on any atom is 0.241 e. The first-order chi connectivity index (χ1) is 5.94. The minimum Gasteiger partial charge on any atom is -0.547 e. The van der Waals surface area contributed by atoms with Crippen LogP contribution in [0.4, 0.5) is 0 Å². The van der Waals surface area contributed by atoms with Crippen molar-refractivity contribution in [1.29, 1.82) is 0 Å². The summed E-state index contributed by atoms with van der Waals surface area (Å²) in [4.78, 5) is 0. The van der Waals surface area contributed by atoms with Gasteiger partial charge in [0, 0.05) is 12.3 Å². The van der Waals surface area contributed by atoms with Crippen LogP contribution in [0.15, 0.2) is 24.0 Å². The van der Waals surface area contributed by atoms with Crippen LogP contribution < -0.4 is 0 Å². The van der Waals surface area contributed by atoms with E-state index in [4.69, 9.17) is 4.43 Å². The highest BCUT2D eigenvalue weighted by Crippen LogP contribution is 2.34. The maximum absolute atomic E-state index is 6.01. The fraction of sp³-hybridized carbons (Fsp3) is 0.636. The zero-order chi connectivity index (χ0) is 10.1. The number of hydrogen-bond donors (Lipinski definition) is 0. The van der Waals surface area contributed by atoms with Gasteiger partial charge in [0.05, 0.1) is 5.76 Å². The summed E-state index contributed by atoms with van der Waals surface area (Å²) >= 11 is 0. The topological polar surface area (TPSA) is 9.23 Å². The highest BCUT2D eigenvalue weighted by Gasteiger charge is 2.25. The molecule has 0 aliphatic heterocycles. The predicted molar refractivity (Wildman–Crippen MR) is 60.1 cm³/mol. The Morgan fingerprint density at radius 3 is 2.46 bits per heavy atom. The third-order valence-electron chi connectivity index (χ3n) is 2.39.